The molecule has 6 nitrogen and oxygen atoms in total. The quantitative estimate of drug-likeness (QED) is 0.356. The number of ether oxygens (including phenoxy) is 1. The van der Waals surface area contributed by atoms with Crippen LogP contribution < -0.4 is 9.64 Å². The van der Waals surface area contributed by atoms with Crippen LogP contribution in [0, 0.1) is 0 Å². The van der Waals surface area contributed by atoms with E-state index in [0.717, 1.165) is 0 Å². The molecule has 2 aromatic carbocycles. The molecule has 7 heteroatoms. The SMILES string of the molecule is CCOc1ccc(N2C(=O)C(=O)/C(=C(\O)c3ccc(Cl)cc3)C2c2cccnc2)cc1. The Kier molecular flexibility index (Phi) is 5.73. The van der Waals surface area contributed by atoms with Crippen molar-refractivity contribution in [3.8, 4) is 5.75 Å². The summed E-state index contributed by atoms with van der Waals surface area (Å²) < 4.78 is 5.47. The van der Waals surface area contributed by atoms with Crippen LogP contribution in [0.25, 0.3) is 5.76 Å². The van der Waals surface area contributed by atoms with Crippen LogP contribution in [0.2, 0.25) is 5.02 Å². The van der Waals surface area contributed by atoms with Gasteiger partial charge in [-0.2, -0.15) is 0 Å². The monoisotopic (exact) mass is 434 g/mol. The molecule has 0 aliphatic carbocycles. The van der Waals surface area contributed by atoms with E-state index in [1.807, 2.05) is 6.92 Å². The number of halogens is 1. The lowest BCUT2D eigenvalue weighted by atomic mass is 9.96. The maximum absolute atomic E-state index is 13.1. The minimum absolute atomic E-state index is 0.00536. The molecule has 0 saturated carbocycles. The van der Waals surface area contributed by atoms with E-state index in [-0.39, 0.29) is 11.3 Å². The number of amides is 1. The number of pyridine rings is 1. The van der Waals surface area contributed by atoms with Gasteiger partial charge in [0.1, 0.15) is 11.5 Å². The molecule has 1 N–H and O–H groups in total. The second-order valence-electron chi connectivity index (χ2n) is 6.89. The van der Waals surface area contributed by atoms with E-state index in [9.17, 15) is 14.7 Å². The van der Waals surface area contributed by atoms with Crippen LogP contribution in [0.5, 0.6) is 5.75 Å². The third-order valence-electron chi connectivity index (χ3n) is 4.99. The molecule has 4 rings (SSSR count). The number of benzene rings is 2. The number of rotatable bonds is 5. The number of Topliss-reactive ketones (excluding diaryl/α,β-unsaturated/α-hetero) is 1. The summed E-state index contributed by atoms with van der Waals surface area (Å²) in [6, 6.07) is 16.0. The van der Waals surface area contributed by atoms with Gasteiger partial charge < -0.3 is 9.84 Å². The topological polar surface area (TPSA) is 79.7 Å². The first-order valence-corrected chi connectivity index (χ1v) is 10.1. The first-order valence-electron chi connectivity index (χ1n) is 9.71. The van der Waals surface area contributed by atoms with Crippen molar-refractivity contribution in [3.05, 3.63) is 94.8 Å². The zero-order valence-corrected chi connectivity index (χ0v) is 17.4. The minimum Gasteiger partial charge on any atom is -0.507 e. The normalized spacial score (nSPS) is 17.7. The molecule has 2 heterocycles. The van der Waals surface area contributed by atoms with E-state index in [1.54, 1.807) is 73.1 Å². The molecule has 1 atom stereocenters. The van der Waals surface area contributed by atoms with Crippen LogP contribution in [0.4, 0.5) is 5.69 Å². The molecule has 1 unspecified atom stereocenters. The number of hydrogen-bond acceptors (Lipinski definition) is 5. The Bertz CT molecular complexity index is 1140. The zero-order chi connectivity index (χ0) is 22.0. The van der Waals surface area contributed by atoms with E-state index in [1.165, 1.54) is 4.90 Å². The fraction of sp³-hybridized carbons (Fsp3) is 0.125. The van der Waals surface area contributed by atoms with Crippen LogP contribution >= 0.6 is 11.6 Å². The molecule has 3 aromatic rings. The van der Waals surface area contributed by atoms with Crippen molar-refractivity contribution in [2.75, 3.05) is 11.5 Å². The van der Waals surface area contributed by atoms with Crippen molar-refractivity contribution < 1.29 is 19.4 Å². The highest BCUT2D eigenvalue weighted by Crippen LogP contribution is 2.42. The van der Waals surface area contributed by atoms with Gasteiger partial charge in [-0.3, -0.25) is 19.5 Å². The highest BCUT2D eigenvalue weighted by atomic mass is 35.5. The summed E-state index contributed by atoms with van der Waals surface area (Å²) in [4.78, 5) is 31.6. The second kappa shape index (κ2) is 8.62. The van der Waals surface area contributed by atoms with Gasteiger partial charge in [0, 0.05) is 28.7 Å². The molecule has 0 bridgehead atoms. The fourth-order valence-corrected chi connectivity index (χ4v) is 3.71. The molecule has 0 radical (unpaired) electrons. The standard InChI is InChI=1S/C24H19ClN2O4/c1-2-31-19-11-9-18(10-12-19)27-21(16-4-3-13-26-14-16)20(23(29)24(27)30)22(28)15-5-7-17(25)8-6-15/h3-14,21,28H,2H2,1H3/b22-20-. The fourth-order valence-electron chi connectivity index (χ4n) is 3.58. The highest BCUT2D eigenvalue weighted by Gasteiger charge is 2.47. The summed E-state index contributed by atoms with van der Waals surface area (Å²) in [5.41, 5.74) is 1.50. The Morgan fingerprint density at radius 1 is 1.10 bits per heavy atom. The van der Waals surface area contributed by atoms with Gasteiger partial charge in [-0.1, -0.05) is 17.7 Å². The largest absolute Gasteiger partial charge is 0.507 e. The smallest absolute Gasteiger partial charge is 0.300 e. The predicted octanol–water partition coefficient (Wildman–Crippen LogP) is 4.76. The maximum Gasteiger partial charge on any atom is 0.300 e. The molecular formula is C24H19ClN2O4. The molecule has 1 fully saturated rings. The predicted molar refractivity (Wildman–Crippen MR) is 118 cm³/mol. The molecule has 156 valence electrons. The molecular weight excluding hydrogens is 416 g/mol. The van der Waals surface area contributed by atoms with Crippen LogP contribution in [0.15, 0.2) is 78.6 Å². The average molecular weight is 435 g/mol. The summed E-state index contributed by atoms with van der Waals surface area (Å²) in [5.74, 6) is -1.11. The molecule has 1 amide bonds. The zero-order valence-electron chi connectivity index (χ0n) is 16.7. The molecule has 0 spiro atoms. The number of hydrogen-bond donors (Lipinski definition) is 1. The van der Waals surface area contributed by atoms with Crippen molar-refractivity contribution in [1.29, 1.82) is 0 Å². The van der Waals surface area contributed by atoms with Crippen molar-refractivity contribution in [3.63, 3.8) is 0 Å². The van der Waals surface area contributed by atoms with E-state index >= 15 is 0 Å². The van der Waals surface area contributed by atoms with E-state index in [0.29, 0.717) is 34.2 Å². The number of aliphatic hydroxyl groups is 1. The summed E-state index contributed by atoms with van der Waals surface area (Å²) in [7, 11) is 0. The summed E-state index contributed by atoms with van der Waals surface area (Å²) >= 11 is 5.95. The Morgan fingerprint density at radius 3 is 2.42 bits per heavy atom. The number of anilines is 1. The lowest BCUT2D eigenvalue weighted by Crippen LogP contribution is -2.29. The Labute approximate surface area is 184 Å². The van der Waals surface area contributed by atoms with Gasteiger partial charge in [-0.25, -0.2) is 0 Å². The van der Waals surface area contributed by atoms with Crippen LogP contribution in [-0.4, -0.2) is 28.4 Å². The van der Waals surface area contributed by atoms with Gasteiger partial charge >= 0.3 is 0 Å². The third kappa shape index (κ3) is 3.90. The second-order valence-corrected chi connectivity index (χ2v) is 7.33. The summed E-state index contributed by atoms with van der Waals surface area (Å²) in [5, 5.41) is 11.5. The van der Waals surface area contributed by atoms with Crippen molar-refractivity contribution in [1.82, 2.24) is 4.98 Å². The highest BCUT2D eigenvalue weighted by molar-refractivity contribution is 6.51. The first kappa shape index (κ1) is 20.6. The van der Waals surface area contributed by atoms with Crippen LogP contribution in [-0.2, 0) is 9.59 Å². The van der Waals surface area contributed by atoms with Gasteiger partial charge in [0.15, 0.2) is 0 Å². The number of aromatic nitrogens is 1. The number of carbonyl (C=O) groups is 2. The molecule has 31 heavy (non-hydrogen) atoms. The lowest BCUT2D eigenvalue weighted by Gasteiger charge is -2.25. The van der Waals surface area contributed by atoms with Crippen molar-refractivity contribution in [2.24, 2.45) is 0 Å². The number of carbonyl (C=O) groups excluding carboxylic acids is 2. The van der Waals surface area contributed by atoms with E-state index in [4.69, 9.17) is 16.3 Å². The first-order chi connectivity index (χ1) is 15.0. The molecule has 1 aliphatic heterocycles. The van der Waals surface area contributed by atoms with Gasteiger partial charge in [0.2, 0.25) is 0 Å². The Morgan fingerprint density at radius 2 is 1.81 bits per heavy atom. The Balaban J connectivity index is 1.87. The summed E-state index contributed by atoms with van der Waals surface area (Å²) in [6.07, 6.45) is 3.18. The minimum atomic E-state index is -0.831. The number of aliphatic hydroxyl groups excluding tert-OH is 1. The lowest BCUT2D eigenvalue weighted by molar-refractivity contribution is -0.132. The summed E-state index contributed by atoms with van der Waals surface area (Å²) in [6.45, 7) is 2.40. The molecule has 1 saturated heterocycles. The van der Waals surface area contributed by atoms with Crippen LogP contribution in [0.1, 0.15) is 24.1 Å². The van der Waals surface area contributed by atoms with Crippen molar-refractivity contribution in [2.45, 2.75) is 13.0 Å². The van der Waals surface area contributed by atoms with Gasteiger partial charge in [0.05, 0.1) is 18.2 Å². The van der Waals surface area contributed by atoms with Gasteiger partial charge in [-0.15, -0.1) is 0 Å². The number of ketones is 1. The van der Waals surface area contributed by atoms with E-state index < -0.39 is 17.7 Å². The van der Waals surface area contributed by atoms with E-state index in [2.05, 4.69) is 4.98 Å². The molecule has 1 aliphatic rings. The number of nitrogens with zero attached hydrogens (tertiary/aromatic N) is 2. The third-order valence-corrected chi connectivity index (χ3v) is 5.24. The van der Waals surface area contributed by atoms with Crippen LogP contribution in [0.3, 0.4) is 0 Å². The molecule has 1 aromatic heterocycles. The van der Waals surface area contributed by atoms with Gasteiger partial charge in [-0.05, 0) is 67.1 Å². The van der Waals surface area contributed by atoms with Crippen molar-refractivity contribution >= 4 is 34.7 Å². The Hall–Kier alpha value is -3.64. The maximum atomic E-state index is 13.1. The average Bonchev–Trinajstić information content (AvgIpc) is 3.06. The van der Waals surface area contributed by atoms with Gasteiger partial charge in [0.25, 0.3) is 11.7 Å².